The maximum Gasteiger partial charge on any atom is 0.274 e. The summed E-state index contributed by atoms with van der Waals surface area (Å²) < 4.78 is 0. The number of nitrogens with zero attached hydrogens (tertiary/aromatic N) is 3. The molecule has 1 aliphatic heterocycles. The summed E-state index contributed by atoms with van der Waals surface area (Å²) in [7, 11) is 0. The fourth-order valence-corrected chi connectivity index (χ4v) is 1.69. The molecule has 1 atom stereocenters. The number of hydrogen-bond acceptors (Lipinski definition) is 5. The van der Waals surface area contributed by atoms with Crippen LogP contribution in [0, 0.1) is 10.1 Å². The normalized spacial score (nSPS) is 20.6. The molecule has 0 bridgehead atoms. The fraction of sp³-hybridized carbons (Fsp3) is 0.444. The molecule has 1 fully saturated rings. The van der Waals surface area contributed by atoms with Crippen LogP contribution in [-0.4, -0.2) is 29.0 Å². The highest BCUT2D eigenvalue weighted by Crippen LogP contribution is 2.21. The second-order valence-corrected chi connectivity index (χ2v) is 3.62. The highest BCUT2D eigenvalue weighted by molar-refractivity contribution is 5.47. The van der Waals surface area contributed by atoms with Gasteiger partial charge in [0.2, 0.25) is 0 Å². The fourth-order valence-electron chi connectivity index (χ4n) is 1.69. The SMILES string of the molecule is NC1CCN(c2cc([N+](=O)[O-])ccn2)C1. The van der Waals surface area contributed by atoms with Gasteiger partial charge in [0.05, 0.1) is 11.0 Å². The second kappa shape index (κ2) is 3.82. The van der Waals surface area contributed by atoms with Crippen molar-refractivity contribution in [2.24, 2.45) is 5.73 Å². The molecule has 0 amide bonds. The summed E-state index contributed by atoms with van der Waals surface area (Å²) in [6.07, 6.45) is 2.36. The summed E-state index contributed by atoms with van der Waals surface area (Å²) in [5, 5.41) is 10.6. The maximum absolute atomic E-state index is 10.6. The van der Waals surface area contributed by atoms with E-state index < -0.39 is 4.92 Å². The molecule has 0 spiro atoms. The highest BCUT2D eigenvalue weighted by atomic mass is 16.6. The van der Waals surface area contributed by atoms with Crippen molar-refractivity contribution in [3.63, 3.8) is 0 Å². The largest absolute Gasteiger partial charge is 0.355 e. The molecule has 0 aliphatic carbocycles. The minimum absolute atomic E-state index is 0.0699. The Morgan fingerprint density at radius 2 is 2.47 bits per heavy atom. The van der Waals surface area contributed by atoms with E-state index in [-0.39, 0.29) is 11.7 Å². The van der Waals surface area contributed by atoms with Crippen LogP contribution in [0.25, 0.3) is 0 Å². The van der Waals surface area contributed by atoms with E-state index in [0.717, 1.165) is 13.0 Å². The summed E-state index contributed by atoms with van der Waals surface area (Å²) >= 11 is 0. The molecular formula is C9H12N4O2. The third kappa shape index (κ3) is 2.04. The van der Waals surface area contributed by atoms with Gasteiger partial charge in [-0.25, -0.2) is 4.98 Å². The molecule has 6 heteroatoms. The predicted octanol–water partition coefficient (Wildman–Crippen LogP) is 0.527. The Morgan fingerprint density at radius 3 is 3.07 bits per heavy atom. The van der Waals surface area contributed by atoms with Gasteiger partial charge in [0.25, 0.3) is 5.69 Å². The van der Waals surface area contributed by atoms with Crippen LogP contribution in [0.4, 0.5) is 11.5 Å². The smallest absolute Gasteiger partial charge is 0.274 e. The van der Waals surface area contributed by atoms with E-state index in [0.29, 0.717) is 12.4 Å². The van der Waals surface area contributed by atoms with Gasteiger partial charge in [-0.1, -0.05) is 0 Å². The topological polar surface area (TPSA) is 85.3 Å². The van der Waals surface area contributed by atoms with E-state index >= 15 is 0 Å². The summed E-state index contributed by atoms with van der Waals surface area (Å²) in [5.74, 6) is 0.636. The third-order valence-corrected chi connectivity index (χ3v) is 2.49. The Labute approximate surface area is 86.9 Å². The zero-order chi connectivity index (χ0) is 10.8. The Hall–Kier alpha value is -1.69. The van der Waals surface area contributed by atoms with Crippen molar-refractivity contribution in [1.82, 2.24) is 4.98 Å². The van der Waals surface area contributed by atoms with Crippen molar-refractivity contribution < 1.29 is 4.92 Å². The first-order valence-electron chi connectivity index (χ1n) is 4.78. The van der Waals surface area contributed by atoms with Crippen LogP contribution in [0.3, 0.4) is 0 Å². The Bertz CT molecular complexity index is 382. The van der Waals surface area contributed by atoms with Gasteiger partial charge in [-0.3, -0.25) is 10.1 Å². The van der Waals surface area contributed by atoms with Gasteiger partial charge in [0.1, 0.15) is 5.82 Å². The lowest BCUT2D eigenvalue weighted by Crippen LogP contribution is -2.26. The molecule has 15 heavy (non-hydrogen) atoms. The van der Waals surface area contributed by atoms with Gasteiger partial charge in [-0.05, 0) is 6.42 Å². The zero-order valence-electron chi connectivity index (χ0n) is 8.17. The first kappa shape index (κ1) is 9.85. The molecule has 1 saturated heterocycles. The van der Waals surface area contributed by atoms with Crippen molar-refractivity contribution in [2.75, 3.05) is 18.0 Å². The molecule has 0 saturated carbocycles. The molecule has 1 aromatic heterocycles. The molecule has 6 nitrogen and oxygen atoms in total. The first-order valence-corrected chi connectivity index (χ1v) is 4.78. The summed E-state index contributed by atoms with van der Waals surface area (Å²) in [5.41, 5.74) is 5.83. The summed E-state index contributed by atoms with van der Waals surface area (Å²) in [4.78, 5) is 16.2. The Kier molecular flexibility index (Phi) is 2.51. The van der Waals surface area contributed by atoms with E-state index in [1.165, 1.54) is 18.3 Å². The monoisotopic (exact) mass is 208 g/mol. The van der Waals surface area contributed by atoms with Gasteiger partial charge < -0.3 is 10.6 Å². The van der Waals surface area contributed by atoms with Crippen molar-refractivity contribution in [3.05, 3.63) is 28.4 Å². The van der Waals surface area contributed by atoms with Crippen LogP contribution in [0.2, 0.25) is 0 Å². The van der Waals surface area contributed by atoms with Crippen molar-refractivity contribution in [1.29, 1.82) is 0 Å². The summed E-state index contributed by atoms with van der Waals surface area (Å²) in [6.45, 7) is 1.53. The highest BCUT2D eigenvalue weighted by Gasteiger charge is 2.21. The number of anilines is 1. The minimum atomic E-state index is -0.415. The average Bonchev–Trinajstić information content (AvgIpc) is 2.65. The molecule has 0 aromatic carbocycles. The summed E-state index contributed by atoms with van der Waals surface area (Å²) in [6, 6.07) is 3.02. The number of nitrogens with two attached hydrogens (primary N) is 1. The molecule has 1 aromatic rings. The van der Waals surface area contributed by atoms with E-state index in [4.69, 9.17) is 5.73 Å². The molecule has 2 rings (SSSR count). The lowest BCUT2D eigenvalue weighted by Gasteiger charge is -2.15. The Morgan fingerprint density at radius 1 is 1.67 bits per heavy atom. The van der Waals surface area contributed by atoms with E-state index in [1.807, 2.05) is 4.90 Å². The Balaban J connectivity index is 2.21. The lowest BCUT2D eigenvalue weighted by molar-refractivity contribution is -0.384. The minimum Gasteiger partial charge on any atom is -0.355 e. The van der Waals surface area contributed by atoms with Crippen molar-refractivity contribution in [3.8, 4) is 0 Å². The first-order chi connectivity index (χ1) is 7.16. The van der Waals surface area contributed by atoms with Gasteiger partial charge in [0.15, 0.2) is 0 Å². The second-order valence-electron chi connectivity index (χ2n) is 3.62. The predicted molar refractivity (Wildman–Crippen MR) is 55.7 cm³/mol. The molecule has 80 valence electrons. The van der Waals surface area contributed by atoms with Crippen LogP contribution in [-0.2, 0) is 0 Å². The van der Waals surface area contributed by atoms with Crippen LogP contribution in [0.1, 0.15) is 6.42 Å². The number of hydrogen-bond donors (Lipinski definition) is 1. The van der Waals surface area contributed by atoms with Crippen LogP contribution in [0.15, 0.2) is 18.3 Å². The molecular weight excluding hydrogens is 196 g/mol. The van der Waals surface area contributed by atoms with Crippen molar-refractivity contribution in [2.45, 2.75) is 12.5 Å². The zero-order valence-corrected chi connectivity index (χ0v) is 8.17. The number of aromatic nitrogens is 1. The van der Waals surface area contributed by atoms with E-state index in [9.17, 15) is 10.1 Å². The van der Waals surface area contributed by atoms with Gasteiger partial charge in [0, 0.05) is 31.4 Å². The standard InChI is InChI=1S/C9H12N4O2/c10-7-2-4-12(6-7)9-5-8(13(14)15)1-3-11-9/h1,3,5,7H,2,4,6,10H2. The quantitative estimate of drug-likeness (QED) is 0.566. The number of rotatable bonds is 2. The van der Waals surface area contributed by atoms with Crippen LogP contribution in [0.5, 0.6) is 0 Å². The van der Waals surface area contributed by atoms with Gasteiger partial charge in [-0.15, -0.1) is 0 Å². The molecule has 2 N–H and O–H groups in total. The number of nitro groups is 1. The van der Waals surface area contributed by atoms with Crippen LogP contribution >= 0.6 is 0 Å². The molecule has 0 radical (unpaired) electrons. The van der Waals surface area contributed by atoms with Crippen LogP contribution < -0.4 is 10.6 Å². The molecule has 1 unspecified atom stereocenters. The maximum atomic E-state index is 10.6. The third-order valence-electron chi connectivity index (χ3n) is 2.49. The number of pyridine rings is 1. The van der Waals surface area contributed by atoms with E-state index in [2.05, 4.69) is 4.98 Å². The molecule has 2 heterocycles. The van der Waals surface area contributed by atoms with E-state index in [1.54, 1.807) is 0 Å². The van der Waals surface area contributed by atoms with Gasteiger partial charge in [-0.2, -0.15) is 0 Å². The lowest BCUT2D eigenvalue weighted by atomic mass is 10.3. The van der Waals surface area contributed by atoms with Crippen molar-refractivity contribution >= 4 is 11.5 Å². The average molecular weight is 208 g/mol. The van der Waals surface area contributed by atoms with Gasteiger partial charge >= 0.3 is 0 Å². The molecule has 1 aliphatic rings.